The van der Waals surface area contributed by atoms with Gasteiger partial charge in [0, 0.05) is 34.8 Å². The minimum atomic E-state index is -0.399. The topological polar surface area (TPSA) is 80.4 Å². The number of nitrogens with zero attached hydrogens (tertiary/aromatic N) is 3. The zero-order valence-corrected chi connectivity index (χ0v) is 18.8. The number of thioether (sulfide) groups is 1. The standard InChI is InChI=1S/C22H22N4O3S2/c1-25(2)9-10-26-18-11-15(7-8-19(18)29-22(26)28)24-21(27)17-5-3-4-6-20(17)31-13-16-12-30-14-23-16/h3-8,11-12,14H,9-10,13H2,1-2H3,(H,24,27). The number of hydrogen-bond donors (Lipinski definition) is 1. The van der Waals surface area contributed by atoms with E-state index in [0.29, 0.717) is 41.2 Å². The minimum Gasteiger partial charge on any atom is -0.408 e. The molecule has 2 heterocycles. The number of aromatic nitrogens is 2. The molecule has 0 radical (unpaired) electrons. The van der Waals surface area contributed by atoms with Crippen molar-refractivity contribution in [2.75, 3.05) is 26.0 Å². The van der Waals surface area contributed by atoms with Crippen LogP contribution < -0.4 is 11.1 Å². The smallest absolute Gasteiger partial charge is 0.408 e. The molecule has 0 aliphatic heterocycles. The number of fused-ring (bicyclic) bond motifs is 1. The molecule has 4 rings (SSSR count). The van der Waals surface area contributed by atoms with Crippen LogP contribution in [0.4, 0.5) is 5.69 Å². The Kier molecular flexibility index (Phi) is 6.55. The van der Waals surface area contributed by atoms with Crippen molar-refractivity contribution < 1.29 is 9.21 Å². The van der Waals surface area contributed by atoms with Crippen molar-refractivity contribution in [1.29, 1.82) is 0 Å². The predicted molar refractivity (Wildman–Crippen MR) is 125 cm³/mol. The molecule has 0 unspecified atom stereocenters. The SMILES string of the molecule is CN(C)CCn1c(=O)oc2ccc(NC(=O)c3ccccc3SCc3cscn3)cc21. The molecule has 0 spiro atoms. The van der Waals surface area contributed by atoms with Gasteiger partial charge in [0.1, 0.15) is 0 Å². The van der Waals surface area contributed by atoms with Gasteiger partial charge in [-0.25, -0.2) is 9.78 Å². The number of oxazole rings is 1. The van der Waals surface area contributed by atoms with Gasteiger partial charge in [0.25, 0.3) is 5.91 Å². The predicted octanol–water partition coefficient (Wildman–Crippen LogP) is 4.16. The third kappa shape index (κ3) is 5.07. The van der Waals surface area contributed by atoms with E-state index in [9.17, 15) is 9.59 Å². The van der Waals surface area contributed by atoms with E-state index < -0.39 is 5.76 Å². The highest BCUT2D eigenvalue weighted by Gasteiger charge is 2.15. The van der Waals surface area contributed by atoms with Crippen molar-refractivity contribution in [3.63, 3.8) is 0 Å². The Morgan fingerprint density at radius 2 is 2.10 bits per heavy atom. The fourth-order valence-electron chi connectivity index (χ4n) is 3.09. The molecule has 2 aromatic heterocycles. The summed E-state index contributed by atoms with van der Waals surface area (Å²) >= 11 is 3.14. The van der Waals surface area contributed by atoms with Crippen LogP contribution in [0.15, 0.2) is 67.5 Å². The molecule has 7 nitrogen and oxygen atoms in total. The fourth-order valence-corrected chi connectivity index (χ4v) is 4.71. The lowest BCUT2D eigenvalue weighted by Crippen LogP contribution is -2.23. The molecule has 1 N–H and O–H groups in total. The van der Waals surface area contributed by atoms with E-state index in [2.05, 4.69) is 10.3 Å². The van der Waals surface area contributed by atoms with Crippen LogP contribution in [-0.4, -0.2) is 41.0 Å². The number of rotatable bonds is 8. The quantitative estimate of drug-likeness (QED) is 0.403. The van der Waals surface area contributed by atoms with Crippen LogP contribution in [0.25, 0.3) is 11.1 Å². The molecule has 4 aromatic rings. The van der Waals surface area contributed by atoms with E-state index in [4.69, 9.17) is 4.42 Å². The first-order valence-corrected chi connectivity index (χ1v) is 11.6. The zero-order valence-electron chi connectivity index (χ0n) is 17.2. The maximum Gasteiger partial charge on any atom is 0.419 e. The van der Waals surface area contributed by atoms with Crippen LogP contribution in [0.2, 0.25) is 0 Å². The Labute approximate surface area is 187 Å². The van der Waals surface area contributed by atoms with Gasteiger partial charge in [-0.1, -0.05) is 12.1 Å². The maximum atomic E-state index is 13.0. The van der Waals surface area contributed by atoms with Gasteiger partial charge in [0.15, 0.2) is 5.58 Å². The Balaban J connectivity index is 1.54. The average molecular weight is 455 g/mol. The molecule has 0 fully saturated rings. The Morgan fingerprint density at radius 1 is 1.26 bits per heavy atom. The van der Waals surface area contributed by atoms with Crippen LogP contribution in [0.1, 0.15) is 16.1 Å². The molecular formula is C22H22N4O3S2. The lowest BCUT2D eigenvalue weighted by atomic mass is 10.2. The molecule has 0 atom stereocenters. The highest BCUT2D eigenvalue weighted by Crippen LogP contribution is 2.27. The Bertz CT molecular complexity index is 1250. The van der Waals surface area contributed by atoms with Crippen molar-refractivity contribution >= 4 is 45.8 Å². The van der Waals surface area contributed by atoms with Gasteiger partial charge in [-0.3, -0.25) is 9.36 Å². The molecule has 0 aliphatic rings. The van der Waals surface area contributed by atoms with Crippen molar-refractivity contribution in [3.8, 4) is 0 Å². The summed E-state index contributed by atoms with van der Waals surface area (Å²) in [5, 5.41) is 4.96. The van der Waals surface area contributed by atoms with E-state index in [-0.39, 0.29) is 5.91 Å². The number of thiazole rings is 1. The van der Waals surface area contributed by atoms with E-state index in [1.807, 2.05) is 48.6 Å². The Morgan fingerprint density at radius 3 is 2.87 bits per heavy atom. The molecule has 1 amide bonds. The third-order valence-electron chi connectivity index (χ3n) is 4.69. The number of likely N-dealkylation sites (N-methyl/N-ethyl adjacent to an activating group) is 1. The monoisotopic (exact) mass is 454 g/mol. The number of nitrogens with one attached hydrogen (secondary N) is 1. The number of amides is 1. The zero-order chi connectivity index (χ0) is 21.8. The van der Waals surface area contributed by atoms with Crippen molar-refractivity contribution in [2.24, 2.45) is 0 Å². The highest BCUT2D eigenvalue weighted by molar-refractivity contribution is 7.98. The third-order valence-corrected chi connectivity index (χ3v) is 6.43. The number of benzene rings is 2. The van der Waals surface area contributed by atoms with Gasteiger partial charge >= 0.3 is 5.76 Å². The van der Waals surface area contributed by atoms with Crippen LogP contribution >= 0.6 is 23.1 Å². The molecule has 0 aliphatic carbocycles. The van der Waals surface area contributed by atoms with Gasteiger partial charge in [-0.15, -0.1) is 23.1 Å². The molecule has 0 bridgehead atoms. The van der Waals surface area contributed by atoms with Crippen LogP contribution in [-0.2, 0) is 12.3 Å². The van der Waals surface area contributed by atoms with Crippen molar-refractivity contribution in [2.45, 2.75) is 17.2 Å². The number of carbonyl (C=O) groups excluding carboxylic acids is 1. The van der Waals surface area contributed by atoms with Gasteiger partial charge in [0.2, 0.25) is 0 Å². The van der Waals surface area contributed by atoms with E-state index in [1.165, 1.54) is 0 Å². The lowest BCUT2D eigenvalue weighted by molar-refractivity contribution is 0.102. The number of carbonyl (C=O) groups is 1. The summed E-state index contributed by atoms with van der Waals surface area (Å²) < 4.78 is 6.92. The number of anilines is 1. The fraction of sp³-hybridized carbons (Fsp3) is 0.227. The second kappa shape index (κ2) is 9.51. The summed E-state index contributed by atoms with van der Waals surface area (Å²) in [6, 6.07) is 12.7. The van der Waals surface area contributed by atoms with Gasteiger partial charge in [-0.2, -0.15) is 0 Å². The molecule has 0 saturated heterocycles. The van der Waals surface area contributed by atoms with Gasteiger partial charge in [0.05, 0.1) is 22.3 Å². The lowest BCUT2D eigenvalue weighted by Gasteiger charge is -2.11. The summed E-state index contributed by atoms with van der Waals surface area (Å²) in [5.74, 6) is 0.0999. The van der Waals surface area contributed by atoms with E-state index in [0.717, 1.165) is 10.6 Å². The molecule has 9 heteroatoms. The summed E-state index contributed by atoms with van der Waals surface area (Å²) in [4.78, 5) is 32.4. The molecule has 0 saturated carbocycles. The van der Waals surface area contributed by atoms with Gasteiger partial charge < -0.3 is 14.6 Å². The van der Waals surface area contributed by atoms with Crippen LogP contribution in [0, 0.1) is 0 Å². The van der Waals surface area contributed by atoms with Crippen LogP contribution in [0.5, 0.6) is 0 Å². The first-order chi connectivity index (χ1) is 15.0. The van der Waals surface area contributed by atoms with Crippen molar-refractivity contribution in [3.05, 3.63) is 75.2 Å². The normalized spacial score (nSPS) is 11.3. The summed E-state index contributed by atoms with van der Waals surface area (Å²) in [6.45, 7) is 1.21. The summed E-state index contributed by atoms with van der Waals surface area (Å²) in [7, 11) is 3.89. The summed E-state index contributed by atoms with van der Waals surface area (Å²) in [6.07, 6.45) is 0. The van der Waals surface area contributed by atoms with E-state index >= 15 is 0 Å². The first kappa shape index (κ1) is 21.4. The molecule has 31 heavy (non-hydrogen) atoms. The average Bonchev–Trinajstić information content (AvgIpc) is 3.38. The Hall–Kier alpha value is -2.88. The van der Waals surface area contributed by atoms with Crippen LogP contribution in [0.3, 0.4) is 0 Å². The summed E-state index contributed by atoms with van der Waals surface area (Å²) in [5.41, 5.74) is 5.16. The maximum absolute atomic E-state index is 13.0. The van der Waals surface area contributed by atoms with Gasteiger partial charge in [-0.05, 0) is 44.4 Å². The number of hydrogen-bond acceptors (Lipinski definition) is 7. The van der Waals surface area contributed by atoms with E-state index in [1.54, 1.807) is 51.4 Å². The first-order valence-electron chi connectivity index (χ1n) is 9.69. The minimum absolute atomic E-state index is 0.202. The molecular weight excluding hydrogens is 432 g/mol. The second-order valence-electron chi connectivity index (χ2n) is 7.22. The largest absolute Gasteiger partial charge is 0.419 e. The highest BCUT2D eigenvalue weighted by atomic mass is 32.2. The second-order valence-corrected chi connectivity index (χ2v) is 8.96. The van der Waals surface area contributed by atoms with Crippen molar-refractivity contribution in [1.82, 2.24) is 14.5 Å². The molecule has 160 valence electrons. The molecule has 2 aromatic carbocycles.